The number of anilines is 2. The van der Waals surface area contributed by atoms with Crippen LogP contribution in [0.25, 0.3) is 16.9 Å². The van der Waals surface area contributed by atoms with Crippen LogP contribution in [-0.4, -0.2) is 43.0 Å². The number of hydrogen-bond acceptors (Lipinski definition) is 6. The largest absolute Gasteiger partial charge is 0.480 e. The number of benzene rings is 3. The van der Waals surface area contributed by atoms with Crippen molar-refractivity contribution in [1.29, 1.82) is 0 Å². The second-order valence-electron chi connectivity index (χ2n) is 8.80. The molecule has 5 aromatic rings. The second kappa shape index (κ2) is 12.0. The average molecular weight is 573 g/mol. The molecule has 9 nitrogen and oxygen atoms in total. The summed E-state index contributed by atoms with van der Waals surface area (Å²) in [7, 11) is 0. The summed E-state index contributed by atoms with van der Waals surface area (Å²) in [6.45, 7) is 0. The third-order valence-corrected chi connectivity index (χ3v) is 6.68. The van der Waals surface area contributed by atoms with Crippen LogP contribution in [0.4, 0.5) is 11.5 Å². The van der Waals surface area contributed by atoms with Crippen molar-refractivity contribution in [2.45, 2.75) is 12.5 Å². The molecular formula is C29H22Cl2N6O3. The molecule has 40 heavy (non-hydrogen) atoms. The number of nitrogens with zero attached hydrogens (tertiary/aromatic N) is 4. The van der Waals surface area contributed by atoms with E-state index in [0.29, 0.717) is 11.3 Å². The molecule has 0 radical (unpaired) electrons. The van der Waals surface area contributed by atoms with Gasteiger partial charge in [0.25, 0.3) is 5.91 Å². The highest BCUT2D eigenvalue weighted by molar-refractivity contribution is 6.39. The minimum Gasteiger partial charge on any atom is -0.480 e. The minimum absolute atomic E-state index is 0.0357. The van der Waals surface area contributed by atoms with Crippen molar-refractivity contribution in [3.63, 3.8) is 0 Å². The van der Waals surface area contributed by atoms with Gasteiger partial charge in [0, 0.05) is 23.9 Å². The molecule has 0 saturated heterocycles. The standard InChI is InChI=1S/C29H22Cl2N6O3/c30-22-4-3-5-23(31)27(22)28(38)34-24(29(39)40)16-18-7-13-21(14-8-18)37-17-25(35-36-37)19-9-11-20(12-10-19)33-26-6-1-2-15-32-26/h1-15,17,24H,16H2,(H,32,33)(H,34,38)(H,39,40)/t24-/m0/s1. The van der Waals surface area contributed by atoms with Crippen LogP contribution in [0.15, 0.2) is 97.3 Å². The SMILES string of the molecule is O=C(N[C@@H](Cc1ccc(-n2cc(-c3ccc(Nc4ccccn4)cc3)nn2)cc1)C(=O)O)c1c(Cl)cccc1Cl. The first kappa shape index (κ1) is 26.9. The highest BCUT2D eigenvalue weighted by Gasteiger charge is 2.24. The van der Waals surface area contributed by atoms with Crippen molar-refractivity contribution >= 4 is 46.6 Å². The molecule has 5 rings (SSSR count). The number of amides is 1. The molecule has 1 amide bonds. The number of aliphatic carboxylic acids is 1. The lowest BCUT2D eigenvalue weighted by atomic mass is 10.0. The highest BCUT2D eigenvalue weighted by Crippen LogP contribution is 2.25. The molecule has 0 aliphatic rings. The van der Waals surface area contributed by atoms with Gasteiger partial charge in [0.1, 0.15) is 17.6 Å². The Kier molecular flexibility index (Phi) is 8.04. The number of carbonyl (C=O) groups excluding carboxylic acids is 1. The van der Waals surface area contributed by atoms with E-state index in [1.165, 1.54) is 12.1 Å². The van der Waals surface area contributed by atoms with Gasteiger partial charge in [-0.1, -0.05) is 64.8 Å². The van der Waals surface area contributed by atoms with E-state index in [0.717, 1.165) is 22.8 Å². The molecule has 1 atom stereocenters. The van der Waals surface area contributed by atoms with Crippen molar-refractivity contribution in [2.24, 2.45) is 0 Å². The zero-order valence-electron chi connectivity index (χ0n) is 20.8. The molecule has 0 aliphatic carbocycles. The van der Waals surface area contributed by atoms with Gasteiger partial charge in [-0.05, 0) is 54.1 Å². The molecule has 0 bridgehead atoms. The summed E-state index contributed by atoms with van der Waals surface area (Å²) in [6, 6.07) is 24.0. The topological polar surface area (TPSA) is 122 Å². The van der Waals surface area contributed by atoms with Gasteiger partial charge in [-0.3, -0.25) is 4.79 Å². The van der Waals surface area contributed by atoms with Gasteiger partial charge in [-0.15, -0.1) is 5.10 Å². The Morgan fingerprint density at radius 3 is 2.27 bits per heavy atom. The summed E-state index contributed by atoms with van der Waals surface area (Å²) in [5.41, 5.74) is 3.98. The van der Waals surface area contributed by atoms with Gasteiger partial charge in [0.2, 0.25) is 0 Å². The molecule has 11 heteroatoms. The Labute approximate surface area is 239 Å². The molecular weight excluding hydrogens is 551 g/mol. The predicted octanol–water partition coefficient (Wildman–Crippen LogP) is 5.81. The third-order valence-electron chi connectivity index (χ3n) is 6.05. The molecule has 0 aliphatic heterocycles. The number of carbonyl (C=O) groups is 2. The number of carboxylic acids is 1. The highest BCUT2D eigenvalue weighted by atomic mass is 35.5. The fourth-order valence-electron chi connectivity index (χ4n) is 4.00. The van der Waals surface area contributed by atoms with Crippen molar-refractivity contribution < 1.29 is 14.7 Å². The van der Waals surface area contributed by atoms with E-state index in [2.05, 4.69) is 25.9 Å². The van der Waals surface area contributed by atoms with Crippen LogP contribution in [0.1, 0.15) is 15.9 Å². The van der Waals surface area contributed by atoms with E-state index in [9.17, 15) is 14.7 Å². The van der Waals surface area contributed by atoms with Crippen LogP contribution in [0.5, 0.6) is 0 Å². The normalized spacial score (nSPS) is 11.6. The van der Waals surface area contributed by atoms with Crippen LogP contribution in [0, 0.1) is 0 Å². The van der Waals surface area contributed by atoms with E-state index in [-0.39, 0.29) is 22.0 Å². The van der Waals surface area contributed by atoms with Crippen LogP contribution >= 0.6 is 23.2 Å². The number of aromatic nitrogens is 4. The summed E-state index contributed by atoms with van der Waals surface area (Å²) < 4.78 is 1.63. The van der Waals surface area contributed by atoms with Gasteiger partial charge in [-0.25, -0.2) is 14.5 Å². The number of carboxylic acid groups (broad SMARTS) is 1. The fourth-order valence-corrected chi connectivity index (χ4v) is 4.57. The maximum atomic E-state index is 12.7. The molecule has 2 aromatic heterocycles. The number of hydrogen-bond donors (Lipinski definition) is 3. The lowest BCUT2D eigenvalue weighted by Crippen LogP contribution is -2.42. The van der Waals surface area contributed by atoms with Crippen molar-refractivity contribution in [3.05, 3.63) is 118 Å². The number of rotatable bonds is 9. The summed E-state index contributed by atoms with van der Waals surface area (Å²) in [5, 5.41) is 24.2. The molecule has 2 heterocycles. The minimum atomic E-state index is -1.18. The first-order chi connectivity index (χ1) is 19.4. The summed E-state index contributed by atoms with van der Waals surface area (Å²) in [5.74, 6) is -1.08. The van der Waals surface area contributed by atoms with Crippen molar-refractivity contribution in [1.82, 2.24) is 25.3 Å². The summed E-state index contributed by atoms with van der Waals surface area (Å²) in [6.07, 6.45) is 3.59. The smallest absolute Gasteiger partial charge is 0.326 e. The lowest BCUT2D eigenvalue weighted by Gasteiger charge is -2.16. The number of pyridine rings is 1. The van der Waals surface area contributed by atoms with Crippen molar-refractivity contribution in [2.75, 3.05) is 5.32 Å². The number of halogens is 2. The van der Waals surface area contributed by atoms with Gasteiger partial charge in [-0.2, -0.15) is 0 Å². The lowest BCUT2D eigenvalue weighted by molar-refractivity contribution is -0.139. The molecule has 0 unspecified atom stereocenters. The molecule has 0 spiro atoms. The summed E-state index contributed by atoms with van der Waals surface area (Å²) >= 11 is 12.2. The molecule has 3 N–H and O–H groups in total. The van der Waals surface area contributed by atoms with Gasteiger partial charge in [0.15, 0.2) is 0 Å². The van der Waals surface area contributed by atoms with Crippen LogP contribution in [0.3, 0.4) is 0 Å². The maximum absolute atomic E-state index is 12.7. The Balaban J connectivity index is 1.24. The predicted molar refractivity (Wildman–Crippen MR) is 153 cm³/mol. The van der Waals surface area contributed by atoms with Gasteiger partial charge >= 0.3 is 5.97 Å². The molecule has 200 valence electrons. The van der Waals surface area contributed by atoms with E-state index in [1.54, 1.807) is 41.2 Å². The Morgan fingerprint density at radius 1 is 0.900 bits per heavy atom. The molecule has 0 saturated carbocycles. The monoisotopic (exact) mass is 572 g/mol. The van der Waals surface area contributed by atoms with Gasteiger partial charge < -0.3 is 15.7 Å². The number of nitrogens with one attached hydrogen (secondary N) is 2. The first-order valence-electron chi connectivity index (χ1n) is 12.2. The first-order valence-corrected chi connectivity index (χ1v) is 12.9. The van der Waals surface area contributed by atoms with Crippen LogP contribution < -0.4 is 10.6 Å². The van der Waals surface area contributed by atoms with E-state index >= 15 is 0 Å². The maximum Gasteiger partial charge on any atom is 0.326 e. The van der Waals surface area contributed by atoms with E-state index in [4.69, 9.17) is 23.2 Å². The Bertz CT molecular complexity index is 1620. The average Bonchev–Trinajstić information content (AvgIpc) is 3.44. The van der Waals surface area contributed by atoms with Crippen molar-refractivity contribution in [3.8, 4) is 16.9 Å². The Morgan fingerprint density at radius 2 is 1.62 bits per heavy atom. The molecule has 0 fully saturated rings. The molecule has 3 aromatic carbocycles. The quantitative estimate of drug-likeness (QED) is 0.204. The van der Waals surface area contributed by atoms with Crippen LogP contribution in [-0.2, 0) is 11.2 Å². The fraction of sp³-hybridized carbons (Fsp3) is 0.0690. The zero-order chi connectivity index (χ0) is 28.1. The van der Waals surface area contributed by atoms with Crippen LogP contribution in [0.2, 0.25) is 10.0 Å². The Hall–Kier alpha value is -4.73. The summed E-state index contributed by atoms with van der Waals surface area (Å²) in [4.78, 5) is 28.8. The van der Waals surface area contributed by atoms with E-state index in [1.807, 2.05) is 48.7 Å². The third kappa shape index (κ3) is 6.28. The zero-order valence-corrected chi connectivity index (χ0v) is 22.3. The van der Waals surface area contributed by atoms with E-state index < -0.39 is 17.9 Å². The van der Waals surface area contributed by atoms with Gasteiger partial charge in [0.05, 0.1) is 27.5 Å². The second-order valence-corrected chi connectivity index (χ2v) is 9.61.